The zero-order valence-corrected chi connectivity index (χ0v) is 13.3. The maximum Gasteiger partial charge on any atom is 0.138 e. The average molecular weight is 305 g/mol. The zero-order valence-electron chi connectivity index (χ0n) is 12.6. The van der Waals surface area contributed by atoms with Gasteiger partial charge in [-0.05, 0) is 48.2 Å². The van der Waals surface area contributed by atoms with Crippen LogP contribution in [-0.2, 0) is 12.8 Å². The molecule has 2 aromatic carbocycles. The van der Waals surface area contributed by atoms with E-state index in [0.29, 0.717) is 18.2 Å². The molecule has 0 aliphatic carbocycles. The fraction of sp³-hybridized carbons (Fsp3) is 0.333. The van der Waals surface area contributed by atoms with Gasteiger partial charge in [0.1, 0.15) is 24.7 Å². The van der Waals surface area contributed by atoms with E-state index in [1.165, 1.54) is 11.1 Å². The van der Waals surface area contributed by atoms with Gasteiger partial charge in [0.05, 0.1) is 5.02 Å². The van der Waals surface area contributed by atoms with Gasteiger partial charge in [0.2, 0.25) is 0 Å². The molecule has 21 heavy (non-hydrogen) atoms. The zero-order chi connectivity index (χ0) is 15.1. The van der Waals surface area contributed by atoms with Gasteiger partial charge in [0.25, 0.3) is 0 Å². The molecule has 0 atom stereocenters. The summed E-state index contributed by atoms with van der Waals surface area (Å²) in [5, 5.41) is 0.670. The number of benzene rings is 2. The van der Waals surface area contributed by atoms with Crippen molar-refractivity contribution in [2.24, 2.45) is 0 Å². The maximum atomic E-state index is 6.27. The molecule has 0 unspecified atom stereocenters. The highest BCUT2D eigenvalue weighted by Gasteiger charge is 2.07. The van der Waals surface area contributed by atoms with Crippen molar-refractivity contribution >= 4 is 11.6 Å². The predicted octanol–water partition coefficient (Wildman–Crippen LogP) is 4.92. The molecule has 2 aromatic rings. The van der Waals surface area contributed by atoms with Crippen LogP contribution in [-0.4, -0.2) is 13.2 Å². The van der Waals surface area contributed by atoms with E-state index in [-0.39, 0.29) is 0 Å². The topological polar surface area (TPSA) is 18.5 Å². The quantitative estimate of drug-likeness (QED) is 0.676. The van der Waals surface area contributed by atoms with E-state index in [9.17, 15) is 0 Å². The molecule has 3 heteroatoms. The largest absolute Gasteiger partial charge is 0.490 e. The summed E-state index contributed by atoms with van der Waals surface area (Å²) in [6, 6.07) is 13.8. The van der Waals surface area contributed by atoms with Crippen molar-refractivity contribution in [1.82, 2.24) is 0 Å². The number of rotatable bonds is 7. The highest BCUT2D eigenvalue weighted by atomic mass is 35.5. The molecule has 0 amide bonds. The second-order valence-electron chi connectivity index (χ2n) is 4.77. The monoisotopic (exact) mass is 304 g/mol. The van der Waals surface area contributed by atoms with Crippen LogP contribution in [0.15, 0.2) is 42.5 Å². The van der Waals surface area contributed by atoms with Crippen molar-refractivity contribution in [3.05, 3.63) is 58.6 Å². The van der Waals surface area contributed by atoms with Gasteiger partial charge < -0.3 is 9.47 Å². The standard InChI is InChI=1S/C18H21ClO2/c1-3-14-12-17(19)18(13-15(14)4-2)21-11-10-20-16-8-6-5-7-9-16/h5-9,12-13H,3-4,10-11H2,1-2H3. The summed E-state index contributed by atoms with van der Waals surface area (Å²) >= 11 is 6.27. The SMILES string of the molecule is CCc1cc(Cl)c(OCCOc2ccccc2)cc1CC. The first-order chi connectivity index (χ1) is 10.2. The smallest absolute Gasteiger partial charge is 0.138 e. The number of halogens is 1. The van der Waals surface area contributed by atoms with E-state index in [0.717, 1.165) is 24.3 Å². The van der Waals surface area contributed by atoms with Crippen LogP contribution in [0.5, 0.6) is 11.5 Å². The minimum Gasteiger partial charge on any atom is -0.490 e. The lowest BCUT2D eigenvalue weighted by Crippen LogP contribution is -2.09. The van der Waals surface area contributed by atoms with Crippen molar-refractivity contribution in [2.45, 2.75) is 26.7 Å². The Morgan fingerprint density at radius 3 is 2.14 bits per heavy atom. The van der Waals surface area contributed by atoms with Crippen molar-refractivity contribution in [1.29, 1.82) is 0 Å². The number of para-hydroxylation sites is 1. The van der Waals surface area contributed by atoms with Crippen LogP contribution in [0.2, 0.25) is 5.02 Å². The van der Waals surface area contributed by atoms with E-state index in [1.807, 2.05) is 42.5 Å². The third kappa shape index (κ3) is 4.40. The highest BCUT2D eigenvalue weighted by molar-refractivity contribution is 6.32. The lowest BCUT2D eigenvalue weighted by atomic mass is 10.0. The van der Waals surface area contributed by atoms with Gasteiger partial charge in [0, 0.05) is 0 Å². The van der Waals surface area contributed by atoms with Crippen LogP contribution >= 0.6 is 11.6 Å². The van der Waals surface area contributed by atoms with Crippen LogP contribution < -0.4 is 9.47 Å². The molecule has 0 saturated heterocycles. The van der Waals surface area contributed by atoms with E-state index in [1.54, 1.807) is 0 Å². The Labute approximate surface area is 131 Å². The van der Waals surface area contributed by atoms with E-state index < -0.39 is 0 Å². The molecule has 0 N–H and O–H groups in total. The molecule has 0 fully saturated rings. The van der Waals surface area contributed by atoms with Gasteiger partial charge >= 0.3 is 0 Å². The molecule has 0 bridgehead atoms. The Bertz CT molecular complexity index is 567. The van der Waals surface area contributed by atoms with Crippen molar-refractivity contribution in [3.8, 4) is 11.5 Å². The fourth-order valence-electron chi connectivity index (χ4n) is 2.23. The van der Waals surface area contributed by atoms with E-state index >= 15 is 0 Å². The number of hydrogen-bond acceptors (Lipinski definition) is 2. The Kier molecular flexibility index (Phi) is 5.94. The van der Waals surface area contributed by atoms with Crippen molar-refractivity contribution in [2.75, 3.05) is 13.2 Å². The summed E-state index contributed by atoms with van der Waals surface area (Å²) < 4.78 is 11.3. The number of ether oxygens (including phenoxy) is 2. The molecule has 2 rings (SSSR count). The first-order valence-electron chi connectivity index (χ1n) is 7.36. The summed E-state index contributed by atoms with van der Waals surface area (Å²) in [7, 11) is 0. The van der Waals surface area contributed by atoms with Crippen LogP contribution in [0, 0.1) is 0 Å². The molecular weight excluding hydrogens is 284 g/mol. The van der Waals surface area contributed by atoms with Gasteiger partial charge in [-0.15, -0.1) is 0 Å². The van der Waals surface area contributed by atoms with E-state index in [2.05, 4.69) is 13.8 Å². The van der Waals surface area contributed by atoms with Gasteiger partial charge in [0.15, 0.2) is 0 Å². The Morgan fingerprint density at radius 2 is 1.48 bits per heavy atom. The second kappa shape index (κ2) is 7.94. The van der Waals surface area contributed by atoms with Crippen LogP contribution in [0.3, 0.4) is 0 Å². The van der Waals surface area contributed by atoms with E-state index in [4.69, 9.17) is 21.1 Å². The Morgan fingerprint density at radius 1 is 0.857 bits per heavy atom. The third-order valence-electron chi connectivity index (χ3n) is 3.37. The first-order valence-corrected chi connectivity index (χ1v) is 7.74. The molecule has 112 valence electrons. The summed E-state index contributed by atoms with van der Waals surface area (Å²) in [5.41, 5.74) is 2.58. The predicted molar refractivity (Wildman–Crippen MR) is 87.6 cm³/mol. The Balaban J connectivity index is 1.91. The summed E-state index contributed by atoms with van der Waals surface area (Å²) in [6.45, 7) is 5.25. The lowest BCUT2D eigenvalue weighted by Gasteiger charge is -2.13. The minimum absolute atomic E-state index is 0.475. The normalized spacial score (nSPS) is 10.4. The molecule has 0 aliphatic heterocycles. The van der Waals surface area contributed by atoms with Crippen molar-refractivity contribution in [3.63, 3.8) is 0 Å². The molecule has 0 spiro atoms. The Hall–Kier alpha value is -1.67. The average Bonchev–Trinajstić information content (AvgIpc) is 2.53. The molecule has 2 nitrogen and oxygen atoms in total. The van der Waals surface area contributed by atoms with Gasteiger partial charge in [-0.2, -0.15) is 0 Å². The number of aryl methyl sites for hydroxylation is 2. The minimum atomic E-state index is 0.475. The highest BCUT2D eigenvalue weighted by Crippen LogP contribution is 2.29. The maximum absolute atomic E-state index is 6.27. The molecular formula is C18H21ClO2. The summed E-state index contributed by atoms with van der Waals surface area (Å²) in [5.74, 6) is 1.59. The molecule has 0 aliphatic rings. The lowest BCUT2D eigenvalue weighted by molar-refractivity contribution is 0.217. The molecule has 0 saturated carbocycles. The van der Waals surface area contributed by atoms with Crippen LogP contribution in [0.4, 0.5) is 0 Å². The third-order valence-corrected chi connectivity index (χ3v) is 3.66. The summed E-state index contributed by atoms with van der Waals surface area (Å²) in [6.07, 6.45) is 1.97. The first kappa shape index (κ1) is 15.7. The van der Waals surface area contributed by atoms with Crippen LogP contribution in [0.1, 0.15) is 25.0 Å². The van der Waals surface area contributed by atoms with Gasteiger partial charge in [-0.25, -0.2) is 0 Å². The van der Waals surface area contributed by atoms with Crippen LogP contribution in [0.25, 0.3) is 0 Å². The molecule has 0 aromatic heterocycles. The van der Waals surface area contributed by atoms with Gasteiger partial charge in [-0.3, -0.25) is 0 Å². The molecule has 0 heterocycles. The second-order valence-corrected chi connectivity index (χ2v) is 5.18. The fourth-order valence-corrected chi connectivity index (χ4v) is 2.47. The molecule has 0 radical (unpaired) electrons. The number of hydrogen-bond donors (Lipinski definition) is 0. The summed E-state index contributed by atoms with van der Waals surface area (Å²) in [4.78, 5) is 0. The van der Waals surface area contributed by atoms with Crippen molar-refractivity contribution < 1.29 is 9.47 Å². The van der Waals surface area contributed by atoms with Gasteiger partial charge in [-0.1, -0.05) is 43.6 Å².